The Kier molecular flexibility index (Phi) is 4.25. The molecule has 1 unspecified atom stereocenters. The number of hydrogen-bond donors (Lipinski definition) is 2. The third-order valence-corrected chi connectivity index (χ3v) is 6.81. The molecule has 4 aliphatic rings. The van der Waals surface area contributed by atoms with Crippen molar-refractivity contribution in [2.24, 2.45) is 5.41 Å². The van der Waals surface area contributed by atoms with Gasteiger partial charge in [-0.15, -0.1) is 0 Å². The summed E-state index contributed by atoms with van der Waals surface area (Å²) in [6, 6.07) is 5.37. The van der Waals surface area contributed by atoms with E-state index in [1.807, 2.05) is 12.1 Å². The van der Waals surface area contributed by atoms with Crippen LogP contribution in [0.15, 0.2) is 18.2 Å². The van der Waals surface area contributed by atoms with E-state index in [0.29, 0.717) is 23.9 Å². The van der Waals surface area contributed by atoms with Crippen LogP contribution >= 0.6 is 0 Å². The van der Waals surface area contributed by atoms with Crippen molar-refractivity contribution in [2.75, 3.05) is 26.2 Å². The maximum absolute atomic E-state index is 13.0. The van der Waals surface area contributed by atoms with Crippen LogP contribution < -0.4 is 10.6 Å². The lowest BCUT2D eigenvalue weighted by atomic mass is 9.75. The van der Waals surface area contributed by atoms with Gasteiger partial charge in [-0.2, -0.15) is 0 Å². The predicted octanol–water partition coefficient (Wildman–Crippen LogP) is 0.633. The summed E-state index contributed by atoms with van der Waals surface area (Å²) in [6.07, 6.45) is 3.21. The summed E-state index contributed by atoms with van der Waals surface area (Å²) in [5, 5.41) is 5.78. The van der Waals surface area contributed by atoms with Crippen LogP contribution in [0.3, 0.4) is 0 Å². The zero-order chi connectivity index (χ0) is 19.3. The van der Waals surface area contributed by atoms with Crippen LogP contribution in [0, 0.1) is 5.41 Å². The highest BCUT2D eigenvalue weighted by Gasteiger charge is 2.42. The van der Waals surface area contributed by atoms with Crippen LogP contribution in [-0.2, 0) is 22.7 Å². The van der Waals surface area contributed by atoms with E-state index in [-0.39, 0.29) is 24.1 Å². The average molecular weight is 382 g/mol. The number of likely N-dealkylation sites (tertiary alicyclic amines) is 1. The number of rotatable bonds is 3. The normalized spacial score (nSPS) is 26.9. The zero-order valence-corrected chi connectivity index (χ0v) is 16.0. The Hall–Kier alpha value is -2.25. The number of benzene rings is 1. The first-order valence-corrected chi connectivity index (χ1v) is 10.2. The fourth-order valence-corrected chi connectivity index (χ4v) is 5.25. The third-order valence-electron chi connectivity index (χ3n) is 6.81. The van der Waals surface area contributed by atoms with Gasteiger partial charge in [-0.25, -0.2) is 0 Å². The maximum Gasteiger partial charge on any atom is 0.255 e. The minimum absolute atomic E-state index is 0.0929. The lowest BCUT2D eigenvalue weighted by Crippen LogP contribution is -2.60. The minimum atomic E-state index is -0.551. The number of carbonyl (C=O) groups is 3. The molecule has 0 aromatic heterocycles. The van der Waals surface area contributed by atoms with Gasteiger partial charge in [0.1, 0.15) is 6.04 Å². The smallest absolute Gasteiger partial charge is 0.255 e. The summed E-state index contributed by atoms with van der Waals surface area (Å²) in [6.45, 7) is 5.72. The molecule has 3 saturated heterocycles. The van der Waals surface area contributed by atoms with E-state index in [1.165, 1.54) is 18.4 Å². The number of carbonyl (C=O) groups excluding carboxylic acids is 3. The van der Waals surface area contributed by atoms with Crippen LogP contribution in [0.2, 0.25) is 0 Å². The standard InChI is InChI=1S/C21H26N4O3/c26-18-6-5-17(19(27)23-18)25-10-16-14(3-1-4-15(16)20(25)28)9-24-8-2-7-21(13-24)11-22-12-21/h1,3-4,17,22H,2,5-13H2,(H,23,26,27). The molecular weight excluding hydrogens is 356 g/mol. The van der Waals surface area contributed by atoms with Gasteiger partial charge in [-0.05, 0) is 43.0 Å². The second-order valence-electron chi connectivity index (χ2n) is 8.76. The maximum atomic E-state index is 13.0. The second-order valence-corrected chi connectivity index (χ2v) is 8.76. The van der Waals surface area contributed by atoms with E-state index in [0.717, 1.165) is 38.3 Å². The van der Waals surface area contributed by atoms with Gasteiger partial charge < -0.3 is 10.2 Å². The minimum Gasteiger partial charge on any atom is -0.322 e. The van der Waals surface area contributed by atoms with E-state index >= 15 is 0 Å². The van der Waals surface area contributed by atoms with Crippen molar-refractivity contribution in [1.29, 1.82) is 0 Å². The molecule has 7 nitrogen and oxygen atoms in total. The molecule has 1 atom stereocenters. The molecule has 28 heavy (non-hydrogen) atoms. The van der Waals surface area contributed by atoms with E-state index in [2.05, 4.69) is 21.6 Å². The predicted molar refractivity (Wildman–Crippen MR) is 102 cm³/mol. The van der Waals surface area contributed by atoms with Crippen LogP contribution in [0.1, 0.15) is 47.2 Å². The summed E-state index contributed by atoms with van der Waals surface area (Å²) >= 11 is 0. The molecule has 0 bridgehead atoms. The molecule has 2 N–H and O–H groups in total. The van der Waals surface area contributed by atoms with Crippen LogP contribution in [0.25, 0.3) is 0 Å². The SMILES string of the molecule is O=C1CCC(N2Cc3c(CN4CCCC5(CNC5)C4)cccc3C2=O)C(=O)N1. The van der Waals surface area contributed by atoms with Gasteiger partial charge in [0.05, 0.1) is 0 Å². The molecule has 4 aliphatic heterocycles. The molecule has 7 heteroatoms. The Balaban J connectivity index is 1.35. The highest BCUT2D eigenvalue weighted by molar-refractivity contribution is 6.05. The van der Waals surface area contributed by atoms with Crippen molar-refractivity contribution in [3.05, 3.63) is 34.9 Å². The van der Waals surface area contributed by atoms with Gasteiger partial charge in [-0.3, -0.25) is 24.6 Å². The lowest BCUT2D eigenvalue weighted by molar-refractivity contribution is -0.136. The van der Waals surface area contributed by atoms with Gasteiger partial charge in [0.25, 0.3) is 5.91 Å². The van der Waals surface area contributed by atoms with Gasteiger partial charge in [0.15, 0.2) is 0 Å². The number of nitrogens with zero attached hydrogens (tertiary/aromatic N) is 2. The van der Waals surface area contributed by atoms with Crippen molar-refractivity contribution < 1.29 is 14.4 Å². The number of nitrogens with one attached hydrogen (secondary N) is 2. The molecule has 0 saturated carbocycles. The Bertz CT molecular complexity index is 848. The van der Waals surface area contributed by atoms with Crippen LogP contribution in [-0.4, -0.2) is 59.7 Å². The molecule has 3 fully saturated rings. The van der Waals surface area contributed by atoms with Crippen LogP contribution in [0.4, 0.5) is 0 Å². The molecule has 4 heterocycles. The number of fused-ring (bicyclic) bond motifs is 1. The molecule has 1 spiro atoms. The van der Waals surface area contributed by atoms with E-state index < -0.39 is 6.04 Å². The Morgan fingerprint density at radius 1 is 1.18 bits per heavy atom. The lowest BCUT2D eigenvalue weighted by Gasteiger charge is -2.49. The number of amides is 3. The zero-order valence-electron chi connectivity index (χ0n) is 16.0. The first-order chi connectivity index (χ1) is 13.5. The van der Waals surface area contributed by atoms with E-state index in [1.54, 1.807) is 4.90 Å². The average Bonchev–Trinajstić information content (AvgIpc) is 2.99. The monoisotopic (exact) mass is 382 g/mol. The van der Waals surface area contributed by atoms with Gasteiger partial charge >= 0.3 is 0 Å². The Morgan fingerprint density at radius 3 is 2.79 bits per heavy atom. The fraction of sp³-hybridized carbons (Fsp3) is 0.571. The number of piperidine rings is 2. The number of hydrogen-bond acceptors (Lipinski definition) is 5. The number of imide groups is 1. The van der Waals surface area contributed by atoms with Gasteiger partial charge in [0, 0.05) is 50.1 Å². The molecule has 5 rings (SSSR count). The van der Waals surface area contributed by atoms with Crippen molar-refractivity contribution in [3.63, 3.8) is 0 Å². The highest BCUT2D eigenvalue weighted by atomic mass is 16.2. The summed E-state index contributed by atoms with van der Waals surface area (Å²) < 4.78 is 0. The molecular formula is C21H26N4O3. The molecule has 1 aromatic rings. The van der Waals surface area contributed by atoms with Crippen molar-refractivity contribution >= 4 is 17.7 Å². The highest BCUT2D eigenvalue weighted by Crippen LogP contribution is 2.35. The first-order valence-electron chi connectivity index (χ1n) is 10.2. The molecule has 3 amide bonds. The van der Waals surface area contributed by atoms with E-state index in [9.17, 15) is 14.4 Å². The van der Waals surface area contributed by atoms with Gasteiger partial charge in [0.2, 0.25) is 11.8 Å². The fourth-order valence-electron chi connectivity index (χ4n) is 5.25. The summed E-state index contributed by atoms with van der Waals surface area (Å²) in [7, 11) is 0. The third kappa shape index (κ3) is 2.93. The summed E-state index contributed by atoms with van der Waals surface area (Å²) in [5.74, 6) is -0.699. The molecule has 148 valence electrons. The van der Waals surface area contributed by atoms with E-state index in [4.69, 9.17) is 0 Å². The Labute approximate surface area is 164 Å². The van der Waals surface area contributed by atoms with Crippen molar-refractivity contribution in [1.82, 2.24) is 20.4 Å². The second kappa shape index (κ2) is 6.67. The molecule has 1 aromatic carbocycles. The van der Waals surface area contributed by atoms with Crippen LogP contribution in [0.5, 0.6) is 0 Å². The largest absolute Gasteiger partial charge is 0.322 e. The first kappa shape index (κ1) is 17.8. The summed E-state index contributed by atoms with van der Waals surface area (Å²) in [4.78, 5) is 40.8. The summed E-state index contributed by atoms with van der Waals surface area (Å²) in [5.41, 5.74) is 3.37. The molecule has 0 radical (unpaired) electrons. The topological polar surface area (TPSA) is 81.8 Å². The quantitative estimate of drug-likeness (QED) is 0.750. The molecule has 0 aliphatic carbocycles. The van der Waals surface area contributed by atoms with Crippen molar-refractivity contribution in [3.8, 4) is 0 Å². The Morgan fingerprint density at radius 2 is 2.04 bits per heavy atom. The van der Waals surface area contributed by atoms with Gasteiger partial charge in [-0.1, -0.05) is 12.1 Å². The van der Waals surface area contributed by atoms with Crippen molar-refractivity contribution in [2.45, 2.75) is 44.8 Å².